The Bertz CT molecular complexity index is 389. The van der Waals surface area contributed by atoms with Crippen molar-refractivity contribution in [1.82, 2.24) is 5.32 Å². The molecule has 0 aliphatic carbocycles. The van der Waals surface area contributed by atoms with Gasteiger partial charge in [-0.15, -0.1) is 0 Å². The first kappa shape index (κ1) is 11.4. The van der Waals surface area contributed by atoms with E-state index in [1.807, 2.05) is 0 Å². The Morgan fingerprint density at radius 2 is 2.12 bits per heavy atom. The number of aliphatic hydroxyl groups excluding tert-OH is 1. The maximum atomic E-state index is 12.7. The summed E-state index contributed by atoms with van der Waals surface area (Å²) < 4.78 is 38.0. The summed E-state index contributed by atoms with van der Waals surface area (Å²) in [6.07, 6.45) is -3.87. The zero-order valence-corrected chi connectivity index (χ0v) is 8.51. The van der Waals surface area contributed by atoms with Crippen molar-refractivity contribution >= 4 is 0 Å². The van der Waals surface area contributed by atoms with Crippen molar-refractivity contribution in [1.29, 1.82) is 0 Å². The molecule has 2 nitrogen and oxygen atoms in total. The van der Waals surface area contributed by atoms with Crippen molar-refractivity contribution < 1.29 is 18.3 Å². The first-order valence-corrected chi connectivity index (χ1v) is 5.04. The number of hydrogen-bond donors (Lipinski definition) is 2. The van der Waals surface area contributed by atoms with Crippen LogP contribution in [0.4, 0.5) is 13.2 Å². The highest BCUT2D eigenvalue weighted by atomic mass is 19.4. The number of aliphatic hydroxyl groups is 1. The van der Waals surface area contributed by atoms with Gasteiger partial charge in [-0.05, 0) is 23.6 Å². The van der Waals surface area contributed by atoms with E-state index in [2.05, 4.69) is 5.32 Å². The third-order valence-electron chi connectivity index (χ3n) is 2.83. The van der Waals surface area contributed by atoms with Crippen LogP contribution in [0, 0.1) is 0 Å². The first-order chi connectivity index (χ1) is 7.52. The van der Waals surface area contributed by atoms with E-state index in [1.54, 1.807) is 6.07 Å². The summed E-state index contributed by atoms with van der Waals surface area (Å²) >= 11 is 0. The minimum atomic E-state index is -4.31. The molecule has 1 aromatic rings. The first-order valence-electron chi connectivity index (χ1n) is 5.04. The minimum absolute atomic E-state index is 0.0598. The van der Waals surface area contributed by atoms with E-state index in [4.69, 9.17) is 5.11 Å². The van der Waals surface area contributed by atoms with Crippen molar-refractivity contribution in [3.8, 4) is 0 Å². The second-order valence-electron chi connectivity index (χ2n) is 3.91. The minimum Gasteiger partial charge on any atom is -0.395 e. The van der Waals surface area contributed by atoms with Crippen LogP contribution in [0.3, 0.4) is 0 Å². The third kappa shape index (κ3) is 2.05. The molecular weight excluding hydrogens is 219 g/mol. The van der Waals surface area contributed by atoms with Gasteiger partial charge in [0.05, 0.1) is 12.2 Å². The van der Waals surface area contributed by atoms with E-state index in [0.29, 0.717) is 17.5 Å². The SMILES string of the molecule is OCC1Cc2cccc(C(F)(F)F)c2CN1. The third-order valence-corrected chi connectivity index (χ3v) is 2.83. The number of hydrogen-bond acceptors (Lipinski definition) is 2. The molecule has 1 aliphatic rings. The average Bonchev–Trinajstić information content (AvgIpc) is 2.26. The summed E-state index contributed by atoms with van der Waals surface area (Å²) in [4.78, 5) is 0. The zero-order chi connectivity index (χ0) is 11.8. The quantitative estimate of drug-likeness (QED) is 0.771. The number of benzene rings is 1. The van der Waals surface area contributed by atoms with Crippen LogP contribution in [0.15, 0.2) is 18.2 Å². The molecule has 0 radical (unpaired) electrons. The van der Waals surface area contributed by atoms with Crippen LogP contribution < -0.4 is 5.32 Å². The van der Waals surface area contributed by atoms with Crippen LogP contribution in [0.5, 0.6) is 0 Å². The maximum absolute atomic E-state index is 12.7. The van der Waals surface area contributed by atoms with Crippen molar-refractivity contribution in [2.45, 2.75) is 25.2 Å². The van der Waals surface area contributed by atoms with Gasteiger partial charge in [-0.2, -0.15) is 13.2 Å². The van der Waals surface area contributed by atoms with E-state index in [1.165, 1.54) is 6.07 Å². The summed E-state index contributed by atoms with van der Waals surface area (Å²) in [5, 5.41) is 11.8. The summed E-state index contributed by atoms with van der Waals surface area (Å²) in [5.41, 5.74) is 0.404. The van der Waals surface area contributed by atoms with E-state index < -0.39 is 11.7 Å². The molecule has 0 fully saturated rings. The molecule has 88 valence electrons. The fourth-order valence-corrected chi connectivity index (χ4v) is 2.01. The largest absolute Gasteiger partial charge is 0.416 e. The number of fused-ring (bicyclic) bond motifs is 1. The van der Waals surface area contributed by atoms with E-state index in [0.717, 1.165) is 6.07 Å². The molecule has 1 aliphatic heterocycles. The molecule has 5 heteroatoms. The van der Waals surface area contributed by atoms with Crippen molar-refractivity contribution in [3.05, 3.63) is 34.9 Å². The summed E-state index contributed by atoms with van der Waals surface area (Å²) in [5.74, 6) is 0. The van der Waals surface area contributed by atoms with Crippen LogP contribution in [-0.2, 0) is 19.1 Å². The summed E-state index contributed by atoms with van der Waals surface area (Å²) in [6.45, 7) is 0.103. The molecule has 0 saturated heterocycles. The molecule has 1 unspecified atom stereocenters. The highest BCUT2D eigenvalue weighted by molar-refractivity contribution is 5.39. The molecule has 0 bridgehead atoms. The van der Waals surface area contributed by atoms with Gasteiger partial charge in [-0.1, -0.05) is 12.1 Å². The number of nitrogens with one attached hydrogen (secondary N) is 1. The molecule has 1 atom stereocenters. The van der Waals surface area contributed by atoms with E-state index >= 15 is 0 Å². The Hall–Kier alpha value is -1.07. The van der Waals surface area contributed by atoms with Gasteiger partial charge in [0, 0.05) is 12.6 Å². The Morgan fingerprint density at radius 1 is 1.38 bits per heavy atom. The maximum Gasteiger partial charge on any atom is 0.416 e. The molecule has 0 spiro atoms. The molecule has 1 aromatic carbocycles. The second kappa shape index (κ2) is 4.07. The monoisotopic (exact) mass is 231 g/mol. The van der Waals surface area contributed by atoms with Crippen LogP contribution in [0.25, 0.3) is 0 Å². The van der Waals surface area contributed by atoms with Gasteiger partial charge in [0.25, 0.3) is 0 Å². The van der Waals surface area contributed by atoms with E-state index in [9.17, 15) is 13.2 Å². The molecule has 2 N–H and O–H groups in total. The Kier molecular flexibility index (Phi) is 2.90. The summed E-state index contributed by atoms with van der Waals surface area (Å²) in [6, 6.07) is 4.06. The predicted octanol–water partition coefficient (Wildman–Crippen LogP) is 1.71. The topological polar surface area (TPSA) is 32.3 Å². The second-order valence-corrected chi connectivity index (χ2v) is 3.91. The average molecular weight is 231 g/mol. The van der Waals surface area contributed by atoms with Gasteiger partial charge in [0.2, 0.25) is 0 Å². The fourth-order valence-electron chi connectivity index (χ4n) is 2.01. The molecule has 1 heterocycles. The number of rotatable bonds is 1. The molecule has 0 amide bonds. The predicted molar refractivity (Wildman–Crippen MR) is 52.9 cm³/mol. The molecular formula is C11H12F3NO. The summed E-state index contributed by atoms with van der Waals surface area (Å²) in [7, 11) is 0. The van der Waals surface area contributed by atoms with E-state index in [-0.39, 0.29) is 19.2 Å². The lowest BCUT2D eigenvalue weighted by molar-refractivity contribution is -0.138. The van der Waals surface area contributed by atoms with Crippen molar-refractivity contribution in [3.63, 3.8) is 0 Å². The Morgan fingerprint density at radius 3 is 2.75 bits per heavy atom. The van der Waals surface area contributed by atoms with Crippen molar-refractivity contribution in [2.24, 2.45) is 0 Å². The normalized spacial score (nSPS) is 20.6. The van der Waals surface area contributed by atoms with Gasteiger partial charge in [0.15, 0.2) is 0 Å². The van der Waals surface area contributed by atoms with Crippen molar-refractivity contribution in [2.75, 3.05) is 6.61 Å². The van der Waals surface area contributed by atoms with Gasteiger partial charge in [-0.25, -0.2) is 0 Å². The number of alkyl halides is 3. The van der Waals surface area contributed by atoms with Crippen LogP contribution in [0.1, 0.15) is 16.7 Å². The Balaban J connectivity index is 2.39. The standard InChI is InChI=1S/C11H12F3NO/c12-11(13,14)10-3-1-2-7-4-8(6-16)15-5-9(7)10/h1-3,8,15-16H,4-6H2. The van der Waals surface area contributed by atoms with Crippen LogP contribution >= 0.6 is 0 Å². The fraction of sp³-hybridized carbons (Fsp3) is 0.455. The molecule has 2 rings (SSSR count). The lowest BCUT2D eigenvalue weighted by Crippen LogP contribution is -2.39. The van der Waals surface area contributed by atoms with Gasteiger partial charge in [-0.3, -0.25) is 0 Å². The highest BCUT2D eigenvalue weighted by Gasteiger charge is 2.35. The zero-order valence-electron chi connectivity index (χ0n) is 8.51. The lowest BCUT2D eigenvalue weighted by Gasteiger charge is -2.27. The molecule has 16 heavy (non-hydrogen) atoms. The molecule has 0 aromatic heterocycles. The van der Waals surface area contributed by atoms with Gasteiger partial charge in [0.1, 0.15) is 0 Å². The van der Waals surface area contributed by atoms with Gasteiger partial charge < -0.3 is 10.4 Å². The smallest absolute Gasteiger partial charge is 0.395 e. The Labute approximate surface area is 91.1 Å². The van der Waals surface area contributed by atoms with Crippen LogP contribution in [0.2, 0.25) is 0 Å². The molecule has 0 saturated carbocycles. The highest BCUT2D eigenvalue weighted by Crippen LogP contribution is 2.34. The number of halogens is 3. The lowest BCUT2D eigenvalue weighted by atomic mass is 9.92. The van der Waals surface area contributed by atoms with Crippen LogP contribution in [-0.4, -0.2) is 17.8 Å². The van der Waals surface area contributed by atoms with Gasteiger partial charge >= 0.3 is 6.18 Å².